The molecule has 4 nitrogen and oxygen atoms in total. The second-order valence-electron chi connectivity index (χ2n) is 5.57. The van der Waals surface area contributed by atoms with Gasteiger partial charge in [0, 0.05) is 0 Å². The summed E-state index contributed by atoms with van der Waals surface area (Å²) in [4.78, 5) is 13.0. The van der Waals surface area contributed by atoms with E-state index in [2.05, 4.69) is 5.32 Å². The lowest BCUT2D eigenvalue weighted by molar-refractivity contribution is -0.285. The van der Waals surface area contributed by atoms with Crippen LogP contribution >= 0.6 is 23.6 Å². The maximum atomic E-state index is 13.7. The van der Waals surface area contributed by atoms with Crippen molar-refractivity contribution in [2.24, 2.45) is 5.92 Å². The number of rotatable bonds is 3. The molecule has 0 spiro atoms. The molecule has 0 radical (unpaired) electrons. The first kappa shape index (κ1) is 17.8. The molecule has 0 unspecified atom stereocenters. The Labute approximate surface area is 150 Å². The molecule has 132 valence electrons. The van der Waals surface area contributed by atoms with Crippen LogP contribution < -0.4 is 10.6 Å². The van der Waals surface area contributed by atoms with Crippen LogP contribution in [0.1, 0.15) is 21.3 Å². The molecular weight excluding hydrogens is 373 g/mol. The SMILES string of the molecule is O=C(c1cccs1)[C@@H]1[C@H](c2ccccc2)NC(=S)N[C@]1(O)C(F)(F)F. The number of carbonyl (C=O) groups excluding carboxylic acids is 1. The smallest absolute Gasteiger partial charge is 0.363 e. The van der Waals surface area contributed by atoms with Gasteiger partial charge in [0.25, 0.3) is 0 Å². The van der Waals surface area contributed by atoms with Gasteiger partial charge in [0.05, 0.1) is 10.9 Å². The molecule has 1 aliphatic rings. The minimum Gasteiger partial charge on any atom is -0.363 e. The predicted molar refractivity (Wildman–Crippen MR) is 91.2 cm³/mol. The molecule has 3 N–H and O–H groups in total. The van der Waals surface area contributed by atoms with Crippen molar-refractivity contribution in [3.05, 3.63) is 58.3 Å². The van der Waals surface area contributed by atoms with Crippen LogP contribution in [0.4, 0.5) is 13.2 Å². The van der Waals surface area contributed by atoms with Crippen molar-refractivity contribution in [2.75, 3.05) is 0 Å². The average Bonchev–Trinajstić information content (AvgIpc) is 3.08. The van der Waals surface area contributed by atoms with Crippen LogP contribution in [0.3, 0.4) is 0 Å². The Morgan fingerprint density at radius 1 is 1.20 bits per heavy atom. The van der Waals surface area contributed by atoms with Crippen LogP contribution in [-0.4, -0.2) is 27.9 Å². The van der Waals surface area contributed by atoms with Crippen molar-refractivity contribution in [1.82, 2.24) is 10.6 Å². The van der Waals surface area contributed by atoms with E-state index >= 15 is 0 Å². The number of alkyl halides is 3. The van der Waals surface area contributed by atoms with Crippen molar-refractivity contribution in [3.63, 3.8) is 0 Å². The van der Waals surface area contributed by atoms with Gasteiger partial charge in [-0.2, -0.15) is 13.2 Å². The Balaban J connectivity index is 2.15. The van der Waals surface area contributed by atoms with Gasteiger partial charge in [0.2, 0.25) is 5.72 Å². The largest absolute Gasteiger partial charge is 0.437 e. The van der Waals surface area contributed by atoms with Gasteiger partial charge in [-0.15, -0.1) is 11.3 Å². The predicted octanol–water partition coefficient (Wildman–Crippen LogP) is 3.02. The fraction of sp³-hybridized carbons (Fsp3) is 0.250. The molecule has 1 aromatic heterocycles. The van der Waals surface area contributed by atoms with E-state index in [9.17, 15) is 23.1 Å². The van der Waals surface area contributed by atoms with Crippen molar-refractivity contribution >= 4 is 34.5 Å². The first-order chi connectivity index (χ1) is 11.7. The van der Waals surface area contributed by atoms with E-state index in [1.807, 2.05) is 5.32 Å². The molecular formula is C16H13F3N2O2S2. The number of nitrogens with one attached hydrogen (secondary N) is 2. The third-order valence-corrected chi connectivity index (χ3v) is 5.12. The molecule has 2 aromatic rings. The third kappa shape index (κ3) is 3.14. The van der Waals surface area contributed by atoms with Gasteiger partial charge in [0.15, 0.2) is 10.9 Å². The molecule has 25 heavy (non-hydrogen) atoms. The van der Waals surface area contributed by atoms with Gasteiger partial charge in [-0.05, 0) is 29.2 Å². The summed E-state index contributed by atoms with van der Waals surface area (Å²) in [5.41, 5.74) is -3.05. The van der Waals surface area contributed by atoms with Crippen molar-refractivity contribution in [3.8, 4) is 0 Å². The molecule has 1 saturated heterocycles. The first-order valence-electron chi connectivity index (χ1n) is 7.24. The van der Waals surface area contributed by atoms with E-state index in [-0.39, 0.29) is 9.99 Å². The van der Waals surface area contributed by atoms with Crippen LogP contribution in [0.15, 0.2) is 47.8 Å². The number of carbonyl (C=O) groups is 1. The Morgan fingerprint density at radius 3 is 2.44 bits per heavy atom. The summed E-state index contributed by atoms with van der Waals surface area (Å²) in [5.74, 6) is -2.66. The van der Waals surface area contributed by atoms with Gasteiger partial charge in [-0.3, -0.25) is 4.79 Å². The van der Waals surface area contributed by atoms with Crippen LogP contribution in [0.25, 0.3) is 0 Å². The zero-order chi connectivity index (χ0) is 18.2. The van der Waals surface area contributed by atoms with Crippen molar-refractivity contribution < 1.29 is 23.1 Å². The minimum absolute atomic E-state index is 0.130. The van der Waals surface area contributed by atoms with Crippen LogP contribution in [0.2, 0.25) is 0 Å². The number of hydrogen-bond donors (Lipinski definition) is 3. The average molecular weight is 386 g/mol. The minimum atomic E-state index is -5.11. The number of aliphatic hydroxyl groups is 1. The Bertz CT molecular complexity index is 780. The standard InChI is InChI=1S/C16H13F3N2O2S2/c17-16(18,19)15(23)11(13(22)10-7-4-8-25-10)12(20-14(24)21-15)9-5-2-1-3-6-9/h1-8,11-12,23H,(H2,20,21,24)/t11-,12-,15+/m0/s1. The lowest BCUT2D eigenvalue weighted by Crippen LogP contribution is -2.72. The summed E-state index contributed by atoms with van der Waals surface area (Å²) in [6.45, 7) is 0. The van der Waals surface area contributed by atoms with E-state index in [0.717, 1.165) is 11.3 Å². The zero-order valence-corrected chi connectivity index (χ0v) is 14.2. The molecule has 0 amide bonds. The maximum Gasteiger partial charge on any atom is 0.437 e. The van der Waals surface area contributed by atoms with E-state index < -0.39 is 29.6 Å². The van der Waals surface area contributed by atoms with E-state index in [1.54, 1.807) is 41.8 Å². The number of thiocarbonyl (C=S) groups is 1. The van der Waals surface area contributed by atoms with Crippen LogP contribution in [-0.2, 0) is 0 Å². The van der Waals surface area contributed by atoms with Crippen LogP contribution in [0, 0.1) is 5.92 Å². The lowest BCUT2D eigenvalue weighted by Gasteiger charge is -2.46. The third-order valence-electron chi connectivity index (χ3n) is 4.01. The quantitative estimate of drug-likeness (QED) is 0.559. The van der Waals surface area contributed by atoms with Gasteiger partial charge in [-0.1, -0.05) is 36.4 Å². The Kier molecular flexibility index (Phi) is 4.56. The zero-order valence-electron chi connectivity index (χ0n) is 12.6. The van der Waals surface area contributed by atoms with E-state index in [0.29, 0.717) is 5.56 Å². The summed E-state index contributed by atoms with van der Waals surface area (Å²) in [6.07, 6.45) is -5.11. The molecule has 1 fully saturated rings. The highest BCUT2D eigenvalue weighted by atomic mass is 32.1. The topological polar surface area (TPSA) is 61.4 Å². The number of Topliss-reactive ketones (excluding diaryl/α,β-unsaturated/α-hetero) is 1. The van der Waals surface area contributed by atoms with Gasteiger partial charge in [0.1, 0.15) is 5.92 Å². The summed E-state index contributed by atoms with van der Waals surface area (Å²) >= 11 is 5.87. The fourth-order valence-corrected chi connectivity index (χ4v) is 3.84. The Hall–Kier alpha value is -1.97. The molecule has 1 aromatic carbocycles. The van der Waals surface area contributed by atoms with Gasteiger partial charge in [-0.25, -0.2) is 0 Å². The van der Waals surface area contributed by atoms with Crippen molar-refractivity contribution in [1.29, 1.82) is 0 Å². The summed E-state index contributed by atoms with van der Waals surface area (Å²) in [5, 5.41) is 16.2. The molecule has 3 rings (SSSR count). The van der Waals surface area contributed by atoms with Crippen LogP contribution in [0.5, 0.6) is 0 Å². The molecule has 0 aliphatic carbocycles. The summed E-state index contributed by atoms with van der Waals surface area (Å²) < 4.78 is 41.1. The second kappa shape index (κ2) is 6.40. The first-order valence-corrected chi connectivity index (χ1v) is 8.53. The summed E-state index contributed by atoms with van der Waals surface area (Å²) in [7, 11) is 0. The molecule has 9 heteroatoms. The normalized spacial score (nSPS) is 26.6. The lowest BCUT2D eigenvalue weighted by atomic mass is 9.79. The van der Waals surface area contributed by atoms with Gasteiger partial charge < -0.3 is 15.7 Å². The van der Waals surface area contributed by atoms with E-state index in [4.69, 9.17) is 12.2 Å². The monoisotopic (exact) mass is 386 g/mol. The highest BCUT2D eigenvalue weighted by molar-refractivity contribution is 7.80. The number of thiophene rings is 1. The van der Waals surface area contributed by atoms with E-state index in [1.165, 1.54) is 6.07 Å². The molecule has 0 bridgehead atoms. The number of hydrogen-bond acceptors (Lipinski definition) is 4. The number of halogens is 3. The molecule has 0 saturated carbocycles. The fourth-order valence-electron chi connectivity index (χ4n) is 2.85. The number of ketones is 1. The highest BCUT2D eigenvalue weighted by Crippen LogP contribution is 2.44. The molecule has 2 heterocycles. The number of benzene rings is 1. The Morgan fingerprint density at radius 2 is 1.88 bits per heavy atom. The highest BCUT2D eigenvalue weighted by Gasteiger charge is 2.65. The molecule has 3 atom stereocenters. The van der Waals surface area contributed by atoms with Crippen molar-refractivity contribution in [2.45, 2.75) is 17.9 Å². The second-order valence-corrected chi connectivity index (χ2v) is 6.93. The molecule has 1 aliphatic heterocycles. The van der Waals surface area contributed by atoms with Gasteiger partial charge >= 0.3 is 6.18 Å². The maximum absolute atomic E-state index is 13.7. The summed E-state index contributed by atoms with van der Waals surface area (Å²) in [6, 6.07) is 10.0.